The van der Waals surface area contributed by atoms with Gasteiger partial charge in [0, 0.05) is 23.4 Å². The molecule has 2 aromatic carbocycles. The second kappa shape index (κ2) is 8.03. The van der Waals surface area contributed by atoms with Crippen molar-refractivity contribution >= 4 is 39.7 Å². The molecule has 3 aromatic rings. The number of nitro groups is 1. The number of fused-ring (bicyclic) bond motifs is 1. The highest BCUT2D eigenvalue weighted by molar-refractivity contribution is 7.17. The van der Waals surface area contributed by atoms with Crippen LogP contribution in [0.3, 0.4) is 0 Å². The van der Waals surface area contributed by atoms with Gasteiger partial charge in [-0.3, -0.25) is 25.0 Å². The maximum atomic E-state index is 12.7. The van der Waals surface area contributed by atoms with Crippen LogP contribution in [0.5, 0.6) is 0 Å². The first kappa shape index (κ1) is 19.7. The van der Waals surface area contributed by atoms with Gasteiger partial charge in [0.05, 0.1) is 10.6 Å². The predicted molar refractivity (Wildman–Crippen MR) is 114 cm³/mol. The minimum absolute atomic E-state index is 0.0952. The molecular formula is C21H18N4O4S. The fourth-order valence-corrected chi connectivity index (χ4v) is 4.26. The van der Waals surface area contributed by atoms with E-state index in [0.29, 0.717) is 10.6 Å². The van der Waals surface area contributed by atoms with Gasteiger partial charge in [0.25, 0.3) is 17.5 Å². The molecule has 0 spiro atoms. The van der Waals surface area contributed by atoms with E-state index >= 15 is 0 Å². The molecule has 0 fully saturated rings. The van der Waals surface area contributed by atoms with Crippen molar-refractivity contribution in [3.63, 3.8) is 0 Å². The van der Waals surface area contributed by atoms with E-state index in [1.54, 1.807) is 6.92 Å². The summed E-state index contributed by atoms with van der Waals surface area (Å²) in [6.45, 7) is 1.70. The normalized spacial score (nSPS) is 12.3. The second-order valence-corrected chi connectivity index (χ2v) is 7.98. The Labute approximate surface area is 176 Å². The van der Waals surface area contributed by atoms with Crippen LogP contribution in [0.25, 0.3) is 0 Å². The maximum absolute atomic E-state index is 12.7. The molecular weight excluding hydrogens is 404 g/mol. The molecule has 2 N–H and O–H groups in total. The number of rotatable bonds is 5. The smallest absolute Gasteiger partial charge is 0.269 e. The van der Waals surface area contributed by atoms with E-state index in [0.717, 1.165) is 36.3 Å². The number of carbonyl (C=O) groups is 2. The highest BCUT2D eigenvalue weighted by atomic mass is 32.1. The Morgan fingerprint density at radius 3 is 2.50 bits per heavy atom. The molecule has 8 nitrogen and oxygen atoms in total. The van der Waals surface area contributed by atoms with Crippen LogP contribution in [0.15, 0.2) is 42.5 Å². The van der Waals surface area contributed by atoms with E-state index in [4.69, 9.17) is 0 Å². The number of hydrogen-bond acceptors (Lipinski definition) is 6. The molecule has 152 valence electrons. The number of aryl methyl sites for hydroxylation is 3. The minimum Gasteiger partial charge on any atom is -0.321 e. The quantitative estimate of drug-likeness (QED) is 0.469. The van der Waals surface area contributed by atoms with Crippen LogP contribution in [0, 0.1) is 17.0 Å². The van der Waals surface area contributed by atoms with E-state index < -0.39 is 10.8 Å². The van der Waals surface area contributed by atoms with Crippen molar-refractivity contribution in [2.24, 2.45) is 0 Å². The molecule has 0 aliphatic heterocycles. The van der Waals surface area contributed by atoms with E-state index in [2.05, 4.69) is 15.6 Å². The van der Waals surface area contributed by atoms with Gasteiger partial charge in [0.2, 0.25) is 0 Å². The summed E-state index contributed by atoms with van der Waals surface area (Å²) < 4.78 is 0. The van der Waals surface area contributed by atoms with Crippen LogP contribution in [0.1, 0.15) is 43.3 Å². The molecule has 0 atom stereocenters. The van der Waals surface area contributed by atoms with Gasteiger partial charge < -0.3 is 5.32 Å². The summed E-state index contributed by atoms with van der Waals surface area (Å²) in [6.07, 6.45) is 3.24. The van der Waals surface area contributed by atoms with Gasteiger partial charge in [0.1, 0.15) is 4.88 Å². The van der Waals surface area contributed by atoms with Gasteiger partial charge in [-0.1, -0.05) is 17.4 Å². The number of non-ortho nitro benzene ring substituents is 1. The first-order valence-electron chi connectivity index (χ1n) is 9.37. The van der Waals surface area contributed by atoms with E-state index in [-0.39, 0.29) is 22.3 Å². The molecule has 1 heterocycles. The van der Waals surface area contributed by atoms with E-state index in [1.165, 1.54) is 35.4 Å². The van der Waals surface area contributed by atoms with Crippen molar-refractivity contribution in [3.05, 3.63) is 79.8 Å². The largest absolute Gasteiger partial charge is 0.321 e. The molecule has 0 saturated carbocycles. The zero-order valence-electron chi connectivity index (χ0n) is 16.1. The molecule has 0 saturated heterocycles. The summed E-state index contributed by atoms with van der Waals surface area (Å²) in [6, 6.07) is 11.2. The van der Waals surface area contributed by atoms with Gasteiger partial charge in [-0.2, -0.15) is 0 Å². The number of nitrogens with zero attached hydrogens (tertiary/aromatic N) is 2. The number of thiazole rings is 1. The Kier molecular flexibility index (Phi) is 5.28. The van der Waals surface area contributed by atoms with Crippen LogP contribution < -0.4 is 10.6 Å². The second-order valence-electron chi connectivity index (χ2n) is 6.98. The molecule has 30 heavy (non-hydrogen) atoms. The fraction of sp³-hybridized carbons (Fsp3) is 0.190. The number of carbonyl (C=O) groups excluding carboxylic acids is 2. The predicted octanol–water partition coefficient (Wildman–Crippen LogP) is 4.35. The van der Waals surface area contributed by atoms with Crippen LogP contribution in [0.2, 0.25) is 0 Å². The number of anilines is 2. The summed E-state index contributed by atoms with van der Waals surface area (Å²) in [5.74, 6) is -0.733. The Bertz CT molecular complexity index is 1150. The molecule has 0 bridgehead atoms. The summed E-state index contributed by atoms with van der Waals surface area (Å²) in [5.41, 5.74) is 4.02. The first-order chi connectivity index (χ1) is 14.4. The van der Waals surface area contributed by atoms with Gasteiger partial charge >= 0.3 is 0 Å². The van der Waals surface area contributed by atoms with E-state index in [9.17, 15) is 19.7 Å². The highest BCUT2D eigenvalue weighted by Gasteiger charge is 2.19. The summed E-state index contributed by atoms with van der Waals surface area (Å²) in [7, 11) is 0. The lowest BCUT2D eigenvalue weighted by atomic mass is 10.1. The first-order valence-corrected chi connectivity index (χ1v) is 10.2. The third kappa shape index (κ3) is 4.06. The van der Waals surface area contributed by atoms with Gasteiger partial charge in [0.15, 0.2) is 5.13 Å². The van der Waals surface area contributed by atoms with Crippen LogP contribution in [-0.4, -0.2) is 21.7 Å². The third-order valence-corrected chi connectivity index (χ3v) is 5.99. The molecule has 9 heteroatoms. The Balaban J connectivity index is 1.45. The number of benzene rings is 2. The van der Waals surface area contributed by atoms with Gasteiger partial charge in [-0.15, -0.1) is 0 Å². The molecule has 2 amide bonds. The lowest BCUT2D eigenvalue weighted by Gasteiger charge is -2.06. The number of hydrogen-bond donors (Lipinski definition) is 2. The standard InChI is InChI=1S/C21H18N4O4S/c1-12-18(20(27)23-16-8-5-13-3-2-4-15(13)11-16)30-21(22-12)24-19(26)14-6-9-17(10-7-14)25(28)29/h5-11H,2-4H2,1H3,(H,23,27)(H,22,24,26). The van der Waals surface area contributed by atoms with Crippen molar-refractivity contribution < 1.29 is 14.5 Å². The lowest BCUT2D eigenvalue weighted by molar-refractivity contribution is -0.384. The molecule has 0 unspecified atom stereocenters. The van der Waals surface area contributed by atoms with Crippen molar-refractivity contribution in [3.8, 4) is 0 Å². The Morgan fingerprint density at radius 1 is 1.03 bits per heavy atom. The molecule has 1 aliphatic carbocycles. The zero-order valence-corrected chi connectivity index (χ0v) is 16.9. The van der Waals surface area contributed by atoms with Crippen molar-refractivity contribution in [1.29, 1.82) is 0 Å². The number of nitro benzene ring substituents is 1. The SMILES string of the molecule is Cc1nc(NC(=O)c2ccc([N+](=O)[O-])cc2)sc1C(=O)Nc1ccc2c(c1)CCC2. The number of aromatic nitrogens is 1. The molecule has 4 rings (SSSR count). The summed E-state index contributed by atoms with van der Waals surface area (Å²) in [5, 5.41) is 16.5. The fourth-order valence-electron chi connectivity index (χ4n) is 3.40. The maximum Gasteiger partial charge on any atom is 0.269 e. The molecule has 1 aromatic heterocycles. The zero-order chi connectivity index (χ0) is 21.3. The molecule has 1 aliphatic rings. The number of nitrogens with one attached hydrogen (secondary N) is 2. The molecule has 0 radical (unpaired) electrons. The van der Waals surface area contributed by atoms with E-state index in [1.807, 2.05) is 18.2 Å². The number of amides is 2. The van der Waals surface area contributed by atoms with Gasteiger partial charge in [-0.05, 0) is 61.6 Å². The third-order valence-electron chi connectivity index (χ3n) is 4.92. The van der Waals surface area contributed by atoms with Crippen molar-refractivity contribution in [2.75, 3.05) is 10.6 Å². The van der Waals surface area contributed by atoms with Crippen LogP contribution in [-0.2, 0) is 12.8 Å². The minimum atomic E-state index is -0.530. The van der Waals surface area contributed by atoms with Crippen molar-refractivity contribution in [2.45, 2.75) is 26.2 Å². The van der Waals surface area contributed by atoms with Crippen molar-refractivity contribution in [1.82, 2.24) is 4.98 Å². The van der Waals surface area contributed by atoms with Gasteiger partial charge in [-0.25, -0.2) is 4.98 Å². The average molecular weight is 422 g/mol. The Morgan fingerprint density at radius 2 is 1.77 bits per heavy atom. The Hall–Kier alpha value is -3.59. The summed E-state index contributed by atoms with van der Waals surface area (Å²) >= 11 is 1.08. The monoisotopic (exact) mass is 422 g/mol. The van der Waals surface area contributed by atoms with Crippen LogP contribution in [0.4, 0.5) is 16.5 Å². The topological polar surface area (TPSA) is 114 Å². The van der Waals surface area contributed by atoms with Crippen LogP contribution >= 0.6 is 11.3 Å². The summed E-state index contributed by atoms with van der Waals surface area (Å²) in [4.78, 5) is 39.9. The average Bonchev–Trinajstić information content (AvgIpc) is 3.33. The lowest BCUT2D eigenvalue weighted by Crippen LogP contribution is -2.12. The highest BCUT2D eigenvalue weighted by Crippen LogP contribution is 2.27.